The van der Waals surface area contributed by atoms with Gasteiger partial charge < -0.3 is 9.15 Å². The minimum atomic E-state index is 0.263. The first-order valence-corrected chi connectivity index (χ1v) is 4.76. The van der Waals surface area contributed by atoms with Crippen molar-refractivity contribution in [2.45, 2.75) is 6.92 Å². The average Bonchev–Trinajstić information content (AvgIpc) is 2.74. The SMILES string of the molecule is C#CCOc1ccc(-c2nnc(C)o2)cc1. The molecule has 0 spiro atoms. The van der Waals surface area contributed by atoms with Crippen molar-refractivity contribution in [2.75, 3.05) is 6.61 Å². The van der Waals surface area contributed by atoms with Gasteiger partial charge in [-0.2, -0.15) is 0 Å². The van der Waals surface area contributed by atoms with Gasteiger partial charge in [0.05, 0.1) is 0 Å². The molecule has 4 heteroatoms. The van der Waals surface area contributed by atoms with Gasteiger partial charge in [-0.05, 0) is 24.3 Å². The summed E-state index contributed by atoms with van der Waals surface area (Å²) in [6, 6.07) is 7.32. The molecule has 80 valence electrons. The van der Waals surface area contributed by atoms with Gasteiger partial charge in [-0.15, -0.1) is 16.6 Å². The third-order valence-corrected chi connectivity index (χ3v) is 1.95. The number of benzene rings is 1. The Bertz CT molecular complexity index is 509. The highest BCUT2D eigenvalue weighted by molar-refractivity contribution is 5.53. The Labute approximate surface area is 93.3 Å². The minimum absolute atomic E-state index is 0.263. The molecule has 0 radical (unpaired) electrons. The molecule has 2 rings (SSSR count). The second kappa shape index (κ2) is 4.49. The molecule has 1 aromatic heterocycles. The molecule has 0 unspecified atom stereocenters. The summed E-state index contributed by atoms with van der Waals surface area (Å²) < 4.78 is 10.5. The van der Waals surface area contributed by atoms with Crippen molar-refractivity contribution < 1.29 is 9.15 Å². The normalized spacial score (nSPS) is 9.75. The molecular formula is C12H10N2O2. The fourth-order valence-corrected chi connectivity index (χ4v) is 1.23. The summed E-state index contributed by atoms with van der Waals surface area (Å²) in [6.45, 7) is 2.01. The molecule has 0 aliphatic heterocycles. The summed E-state index contributed by atoms with van der Waals surface area (Å²) in [5.41, 5.74) is 0.855. The Balaban J connectivity index is 2.16. The van der Waals surface area contributed by atoms with E-state index >= 15 is 0 Å². The first-order chi connectivity index (χ1) is 7.79. The Hall–Kier alpha value is -2.28. The largest absolute Gasteiger partial charge is 0.481 e. The maximum absolute atomic E-state index is 5.30. The van der Waals surface area contributed by atoms with Crippen LogP contribution in [0.15, 0.2) is 28.7 Å². The number of aryl methyl sites for hydroxylation is 1. The second-order valence-corrected chi connectivity index (χ2v) is 3.14. The van der Waals surface area contributed by atoms with Crippen molar-refractivity contribution in [3.63, 3.8) is 0 Å². The van der Waals surface area contributed by atoms with Gasteiger partial charge >= 0.3 is 0 Å². The lowest BCUT2D eigenvalue weighted by Gasteiger charge is -2.01. The topological polar surface area (TPSA) is 48.2 Å². The highest BCUT2D eigenvalue weighted by Gasteiger charge is 2.05. The van der Waals surface area contributed by atoms with E-state index in [-0.39, 0.29) is 6.61 Å². The maximum Gasteiger partial charge on any atom is 0.247 e. The van der Waals surface area contributed by atoms with Gasteiger partial charge in [0.1, 0.15) is 12.4 Å². The van der Waals surface area contributed by atoms with Crippen LogP contribution in [0.5, 0.6) is 5.75 Å². The standard InChI is InChI=1S/C12H10N2O2/c1-3-8-15-11-6-4-10(5-7-11)12-14-13-9(2)16-12/h1,4-7H,8H2,2H3. The van der Waals surface area contributed by atoms with Crippen molar-refractivity contribution in [1.82, 2.24) is 10.2 Å². The van der Waals surface area contributed by atoms with Gasteiger partial charge in [-0.3, -0.25) is 0 Å². The van der Waals surface area contributed by atoms with E-state index in [1.54, 1.807) is 6.92 Å². The molecule has 16 heavy (non-hydrogen) atoms. The van der Waals surface area contributed by atoms with E-state index in [4.69, 9.17) is 15.6 Å². The van der Waals surface area contributed by atoms with Gasteiger partial charge in [-0.1, -0.05) is 5.92 Å². The number of ether oxygens (including phenoxy) is 1. The minimum Gasteiger partial charge on any atom is -0.481 e. The molecule has 0 amide bonds. The van der Waals surface area contributed by atoms with Crippen molar-refractivity contribution >= 4 is 0 Å². The van der Waals surface area contributed by atoms with E-state index in [0.717, 1.165) is 11.3 Å². The highest BCUT2D eigenvalue weighted by atomic mass is 16.5. The zero-order chi connectivity index (χ0) is 11.4. The van der Waals surface area contributed by atoms with Gasteiger partial charge in [0, 0.05) is 12.5 Å². The molecule has 0 aliphatic carbocycles. The van der Waals surface area contributed by atoms with Gasteiger partial charge in [0.15, 0.2) is 0 Å². The van der Waals surface area contributed by atoms with Crippen LogP contribution in [0.2, 0.25) is 0 Å². The molecule has 0 N–H and O–H groups in total. The Kier molecular flexibility index (Phi) is 2.88. The lowest BCUT2D eigenvalue weighted by molar-refractivity contribution is 0.370. The molecule has 1 aromatic carbocycles. The molecule has 4 nitrogen and oxygen atoms in total. The number of aromatic nitrogens is 2. The Morgan fingerprint density at radius 1 is 1.31 bits per heavy atom. The number of nitrogens with zero attached hydrogens (tertiary/aromatic N) is 2. The van der Waals surface area contributed by atoms with Gasteiger partial charge in [-0.25, -0.2) is 0 Å². The zero-order valence-electron chi connectivity index (χ0n) is 8.80. The quantitative estimate of drug-likeness (QED) is 0.734. The fourth-order valence-electron chi connectivity index (χ4n) is 1.23. The van der Waals surface area contributed by atoms with Crippen LogP contribution < -0.4 is 4.74 Å². The van der Waals surface area contributed by atoms with Crippen molar-refractivity contribution in [3.8, 4) is 29.5 Å². The third-order valence-electron chi connectivity index (χ3n) is 1.95. The van der Waals surface area contributed by atoms with E-state index in [9.17, 15) is 0 Å². The van der Waals surface area contributed by atoms with E-state index in [1.165, 1.54) is 0 Å². The van der Waals surface area contributed by atoms with Gasteiger partial charge in [0.25, 0.3) is 0 Å². The lowest BCUT2D eigenvalue weighted by atomic mass is 10.2. The predicted octanol–water partition coefficient (Wildman–Crippen LogP) is 2.06. The monoisotopic (exact) mass is 214 g/mol. The van der Waals surface area contributed by atoms with Crippen LogP contribution in [-0.4, -0.2) is 16.8 Å². The van der Waals surface area contributed by atoms with Crippen LogP contribution in [0.25, 0.3) is 11.5 Å². The smallest absolute Gasteiger partial charge is 0.247 e. The molecule has 0 saturated heterocycles. The summed E-state index contributed by atoms with van der Waals surface area (Å²) in [6.07, 6.45) is 5.09. The summed E-state index contributed by atoms with van der Waals surface area (Å²) >= 11 is 0. The molecule has 0 bridgehead atoms. The highest BCUT2D eigenvalue weighted by Crippen LogP contribution is 2.20. The summed E-state index contributed by atoms with van der Waals surface area (Å²) in [4.78, 5) is 0. The Morgan fingerprint density at radius 3 is 2.62 bits per heavy atom. The average molecular weight is 214 g/mol. The molecule has 2 aromatic rings. The number of terminal acetylenes is 1. The Morgan fingerprint density at radius 2 is 2.06 bits per heavy atom. The zero-order valence-corrected chi connectivity index (χ0v) is 8.80. The van der Waals surface area contributed by atoms with Crippen LogP contribution >= 0.6 is 0 Å². The van der Waals surface area contributed by atoms with Crippen LogP contribution in [0, 0.1) is 19.3 Å². The third kappa shape index (κ3) is 2.20. The molecule has 0 atom stereocenters. The lowest BCUT2D eigenvalue weighted by Crippen LogP contribution is -1.92. The van der Waals surface area contributed by atoms with E-state index in [0.29, 0.717) is 11.8 Å². The van der Waals surface area contributed by atoms with Gasteiger partial charge in [0.2, 0.25) is 11.8 Å². The molecular weight excluding hydrogens is 204 g/mol. The van der Waals surface area contributed by atoms with E-state index < -0.39 is 0 Å². The van der Waals surface area contributed by atoms with Crippen LogP contribution in [0.1, 0.15) is 5.89 Å². The van der Waals surface area contributed by atoms with Crippen LogP contribution in [0.3, 0.4) is 0 Å². The molecule has 0 saturated carbocycles. The van der Waals surface area contributed by atoms with E-state index in [1.807, 2.05) is 24.3 Å². The van der Waals surface area contributed by atoms with Crippen LogP contribution in [0.4, 0.5) is 0 Å². The number of hydrogen-bond donors (Lipinski definition) is 0. The van der Waals surface area contributed by atoms with E-state index in [2.05, 4.69) is 16.1 Å². The molecule has 0 aliphatic rings. The predicted molar refractivity (Wildman–Crippen MR) is 58.8 cm³/mol. The summed E-state index contributed by atoms with van der Waals surface area (Å²) in [5.74, 6) is 4.17. The molecule has 1 heterocycles. The van der Waals surface area contributed by atoms with Crippen molar-refractivity contribution in [2.24, 2.45) is 0 Å². The first kappa shape index (κ1) is 10.2. The number of rotatable bonds is 3. The second-order valence-electron chi connectivity index (χ2n) is 3.14. The summed E-state index contributed by atoms with van der Waals surface area (Å²) in [7, 11) is 0. The van der Waals surface area contributed by atoms with Crippen molar-refractivity contribution in [3.05, 3.63) is 30.2 Å². The number of hydrogen-bond acceptors (Lipinski definition) is 4. The maximum atomic E-state index is 5.30. The summed E-state index contributed by atoms with van der Waals surface area (Å²) in [5, 5.41) is 7.68. The molecule has 0 fully saturated rings. The van der Waals surface area contributed by atoms with Crippen molar-refractivity contribution in [1.29, 1.82) is 0 Å². The van der Waals surface area contributed by atoms with Crippen LogP contribution in [-0.2, 0) is 0 Å². The first-order valence-electron chi connectivity index (χ1n) is 4.76. The fraction of sp³-hybridized carbons (Fsp3) is 0.167.